The van der Waals surface area contributed by atoms with Gasteiger partial charge in [-0.15, -0.1) is 0 Å². The van der Waals surface area contributed by atoms with Crippen LogP contribution in [0.1, 0.15) is 39.7 Å². The third kappa shape index (κ3) is 3.79. The van der Waals surface area contributed by atoms with Crippen LogP contribution in [0.3, 0.4) is 0 Å². The van der Waals surface area contributed by atoms with Crippen molar-refractivity contribution in [1.82, 2.24) is 9.62 Å². The molecule has 24 heavy (non-hydrogen) atoms. The van der Waals surface area contributed by atoms with Gasteiger partial charge in [-0.2, -0.15) is 4.31 Å². The van der Waals surface area contributed by atoms with E-state index in [9.17, 15) is 13.2 Å². The second-order valence-corrected chi connectivity index (χ2v) is 9.15. The average Bonchev–Trinajstić information content (AvgIpc) is 2.90. The molecular weight excluding hydrogens is 326 g/mol. The first-order valence-electron chi connectivity index (χ1n) is 8.23. The van der Waals surface area contributed by atoms with Crippen LogP contribution in [0, 0.1) is 0 Å². The molecule has 0 spiro atoms. The van der Waals surface area contributed by atoms with Gasteiger partial charge in [-0.25, -0.2) is 8.42 Å². The maximum Gasteiger partial charge on any atom is 0.243 e. The summed E-state index contributed by atoms with van der Waals surface area (Å²) < 4.78 is 27.1. The van der Waals surface area contributed by atoms with Gasteiger partial charge in [0.15, 0.2) is 0 Å². The molecule has 1 aromatic rings. The van der Waals surface area contributed by atoms with Gasteiger partial charge in [0.25, 0.3) is 0 Å². The first-order chi connectivity index (χ1) is 11.1. The van der Waals surface area contributed by atoms with Crippen molar-refractivity contribution < 1.29 is 13.2 Å². The monoisotopic (exact) mass is 353 g/mol. The fourth-order valence-corrected chi connectivity index (χ4v) is 4.55. The molecule has 0 unspecified atom stereocenters. The molecule has 0 radical (unpaired) electrons. The minimum atomic E-state index is -3.75. The van der Waals surface area contributed by atoms with Crippen LogP contribution in [-0.4, -0.2) is 43.8 Å². The highest BCUT2D eigenvalue weighted by Gasteiger charge is 2.42. The number of likely N-dealkylation sites (N-methyl/N-ethyl adjacent to an activating group) is 1. The fourth-order valence-electron chi connectivity index (χ4n) is 2.90. The molecule has 1 aliphatic rings. The van der Waals surface area contributed by atoms with Crippen molar-refractivity contribution >= 4 is 15.9 Å². The molecular formula is C17H27N3O3S. The Morgan fingerprint density at radius 2 is 1.88 bits per heavy atom. The van der Waals surface area contributed by atoms with Gasteiger partial charge < -0.3 is 11.1 Å². The third-order valence-electron chi connectivity index (χ3n) is 4.27. The summed E-state index contributed by atoms with van der Waals surface area (Å²) in [5.74, 6) is -0.291. The molecule has 0 bridgehead atoms. The minimum absolute atomic E-state index is 0.0537. The van der Waals surface area contributed by atoms with Gasteiger partial charge in [0.2, 0.25) is 15.9 Å². The van der Waals surface area contributed by atoms with E-state index in [1.54, 1.807) is 19.1 Å². The summed E-state index contributed by atoms with van der Waals surface area (Å²) in [6.07, 6.45) is 0.338. The Morgan fingerprint density at radius 1 is 1.29 bits per heavy atom. The zero-order valence-corrected chi connectivity index (χ0v) is 15.6. The molecule has 1 aliphatic heterocycles. The molecule has 3 N–H and O–H groups in total. The topological polar surface area (TPSA) is 92.5 Å². The van der Waals surface area contributed by atoms with Gasteiger partial charge in [-0.3, -0.25) is 4.79 Å². The SMILES string of the molecule is CCNC(=O)[C@@H]1C[C@H](N)CN1S(=O)(=O)c1ccc(C(C)(C)C)cc1. The van der Waals surface area contributed by atoms with Crippen LogP contribution in [0.25, 0.3) is 0 Å². The predicted octanol–water partition coefficient (Wildman–Crippen LogP) is 1.21. The van der Waals surface area contributed by atoms with Crippen molar-refractivity contribution in [2.24, 2.45) is 5.73 Å². The number of sulfonamides is 1. The Kier molecular flexibility index (Phi) is 5.37. The molecule has 134 valence electrons. The number of amides is 1. The molecule has 1 heterocycles. The maximum atomic E-state index is 13.0. The fraction of sp³-hybridized carbons (Fsp3) is 0.588. The van der Waals surface area contributed by atoms with Gasteiger partial charge in [-0.1, -0.05) is 32.9 Å². The average molecular weight is 353 g/mol. The number of benzene rings is 1. The number of hydrogen-bond acceptors (Lipinski definition) is 4. The molecule has 1 fully saturated rings. The Bertz CT molecular complexity index is 693. The molecule has 0 aromatic heterocycles. The molecule has 0 aliphatic carbocycles. The van der Waals surface area contributed by atoms with Crippen molar-refractivity contribution in [1.29, 1.82) is 0 Å². The Morgan fingerprint density at radius 3 is 2.38 bits per heavy atom. The molecule has 1 saturated heterocycles. The highest BCUT2D eigenvalue weighted by molar-refractivity contribution is 7.89. The van der Waals surface area contributed by atoms with E-state index in [2.05, 4.69) is 26.1 Å². The molecule has 1 amide bonds. The second-order valence-electron chi connectivity index (χ2n) is 7.26. The Balaban J connectivity index is 2.33. The van der Waals surface area contributed by atoms with Crippen LogP contribution in [0.2, 0.25) is 0 Å². The van der Waals surface area contributed by atoms with E-state index in [4.69, 9.17) is 5.73 Å². The summed E-state index contributed by atoms with van der Waals surface area (Å²) >= 11 is 0. The van der Waals surface area contributed by atoms with E-state index >= 15 is 0 Å². The van der Waals surface area contributed by atoms with E-state index in [1.165, 1.54) is 4.31 Å². The van der Waals surface area contributed by atoms with Crippen molar-refractivity contribution in [3.63, 3.8) is 0 Å². The number of nitrogens with two attached hydrogens (primary N) is 1. The van der Waals surface area contributed by atoms with Crippen LogP contribution in [0.15, 0.2) is 29.2 Å². The molecule has 7 heteroatoms. The first-order valence-corrected chi connectivity index (χ1v) is 9.67. The van der Waals surface area contributed by atoms with E-state index in [-0.39, 0.29) is 28.8 Å². The lowest BCUT2D eigenvalue weighted by atomic mass is 9.87. The third-order valence-corrected chi connectivity index (χ3v) is 6.16. The van der Waals surface area contributed by atoms with Gasteiger partial charge in [0, 0.05) is 19.1 Å². The number of hydrogen-bond donors (Lipinski definition) is 2. The summed E-state index contributed by atoms with van der Waals surface area (Å²) in [6, 6.07) is 5.78. The second kappa shape index (κ2) is 6.82. The summed E-state index contributed by atoms with van der Waals surface area (Å²) in [5, 5.41) is 2.69. The summed E-state index contributed by atoms with van der Waals surface area (Å²) in [4.78, 5) is 12.4. The van der Waals surface area contributed by atoms with Gasteiger partial charge in [-0.05, 0) is 36.5 Å². The number of nitrogens with one attached hydrogen (secondary N) is 1. The van der Waals surface area contributed by atoms with Crippen LogP contribution in [0.5, 0.6) is 0 Å². The lowest BCUT2D eigenvalue weighted by Gasteiger charge is -2.24. The maximum absolute atomic E-state index is 13.0. The zero-order chi connectivity index (χ0) is 18.1. The van der Waals surface area contributed by atoms with Crippen molar-refractivity contribution in [2.75, 3.05) is 13.1 Å². The lowest BCUT2D eigenvalue weighted by Crippen LogP contribution is -2.45. The van der Waals surface area contributed by atoms with Crippen LogP contribution in [-0.2, 0) is 20.2 Å². The normalized spacial score (nSPS) is 22.5. The van der Waals surface area contributed by atoms with E-state index in [1.807, 2.05) is 12.1 Å². The predicted molar refractivity (Wildman–Crippen MR) is 94.1 cm³/mol. The number of rotatable bonds is 4. The van der Waals surface area contributed by atoms with Crippen molar-refractivity contribution in [3.05, 3.63) is 29.8 Å². The van der Waals surface area contributed by atoms with E-state index < -0.39 is 16.1 Å². The zero-order valence-electron chi connectivity index (χ0n) is 14.7. The molecule has 2 rings (SSSR count). The molecule has 1 aromatic carbocycles. The van der Waals surface area contributed by atoms with Gasteiger partial charge in [0.05, 0.1) is 4.90 Å². The standard InChI is InChI=1S/C17H27N3O3S/c1-5-19-16(21)15-10-13(18)11-20(15)24(22,23)14-8-6-12(7-9-14)17(2,3)4/h6-9,13,15H,5,10-11,18H2,1-4H3,(H,19,21)/t13-,15-/m0/s1. The van der Waals surface area contributed by atoms with E-state index in [0.29, 0.717) is 13.0 Å². The number of nitrogens with zero attached hydrogens (tertiary/aromatic N) is 1. The first kappa shape index (κ1) is 18.9. The van der Waals surface area contributed by atoms with Crippen LogP contribution >= 0.6 is 0 Å². The van der Waals surface area contributed by atoms with Crippen LogP contribution in [0.4, 0.5) is 0 Å². The van der Waals surface area contributed by atoms with Crippen molar-refractivity contribution in [3.8, 4) is 0 Å². The molecule has 2 atom stereocenters. The minimum Gasteiger partial charge on any atom is -0.355 e. The number of carbonyl (C=O) groups excluding carboxylic acids is 1. The quantitative estimate of drug-likeness (QED) is 0.851. The number of carbonyl (C=O) groups is 1. The van der Waals surface area contributed by atoms with Gasteiger partial charge in [0.1, 0.15) is 6.04 Å². The Labute approximate surface area is 144 Å². The summed E-state index contributed by atoms with van der Waals surface area (Å²) in [7, 11) is -3.75. The van der Waals surface area contributed by atoms with E-state index in [0.717, 1.165) is 5.56 Å². The summed E-state index contributed by atoms with van der Waals surface area (Å²) in [5.41, 5.74) is 6.92. The van der Waals surface area contributed by atoms with Gasteiger partial charge >= 0.3 is 0 Å². The molecule has 0 saturated carbocycles. The van der Waals surface area contributed by atoms with Crippen LogP contribution < -0.4 is 11.1 Å². The largest absolute Gasteiger partial charge is 0.355 e. The smallest absolute Gasteiger partial charge is 0.243 e. The highest BCUT2D eigenvalue weighted by Crippen LogP contribution is 2.28. The van der Waals surface area contributed by atoms with Crippen molar-refractivity contribution in [2.45, 2.75) is 56.5 Å². The Hall–Kier alpha value is -1.44. The summed E-state index contributed by atoms with van der Waals surface area (Å²) in [6.45, 7) is 8.63. The molecule has 6 nitrogen and oxygen atoms in total. The lowest BCUT2D eigenvalue weighted by molar-refractivity contribution is -0.124. The highest BCUT2D eigenvalue weighted by atomic mass is 32.2.